The molecule has 0 aliphatic heterocycles. The van der Waals surface area contributed by atoms with E-state index in [0.29, 0.717) is 0 Å². The van der Waals surface area contributed by atoms with E-state index < -0.39 is 46.0 Å². The number of hydrogen-bond donors (Lipinski definition) is 0. The Balaban J connectivity index is 2.93. The van der Waals surface area contributed by atoms with Gasteiger partial charge in [0, 0.05) is 25.3 Å². The zero-order valence-corrected chi connectivity index (χ0v) is 10.9. The van der Waals surface area contributed by atoms with Crippen molar-refractivity contribution in [3.63, 3.8) is 0 Å². The average molecular weight is 305 g/mol. The third-order valence-corrected chi connectivity index (χ3v) is 2.93. The monoisotopic (exact) mass is 305 g/mol. The van der Waals surface area contributed by atoms with Crippen LogP contribution < -0.4 is 4.90 Å². The number of rotatable bonds is 2. The first-order valence-electron chi connectivity index (χ1n) is 5.75. The van der Waals surface area contributed by atoms with Crippen LogP contribution in [0.1, 0.15) is 0 Å². The Hall–Kier alpha value is -2.18. The summed E-state index contributed by atoms with van der Waals surface area (Å²) in [4.78, 5) is 1.30. The van der Waals surface area contributed by atoms with Crippen molar-refractivity contribution in [2.24, 2.45) is 0 Å². The van der Waals surface area contributed by atoms with Crippen LogP contribution in [-0.2, 0) is 0 Å². The fourth-order valence-corrected chi connectivity index (χ4v) is 1.96. The topological polar surface area (TPSA) is 3.24 Å². The largest absolute Gasteiger partial charge is 0.377 e. The van der Waals surface area contributed by atoms with E-state index in [1.807, 2.05) is 0 Å². The summed E-state index contributed by atoms with van der Waals surface area (Å²) < 4.78 is 81.1. The highest BCUT2D eigenvalue weighted by Crippen LogP contribution is 2.38. The first kappa shape index (κ1) is 15.2. The zero-order valence-electron chi connectivity index (χ0n) is 10.9. The van der Waals surface area contributed by atoms with Gasteiger partial charge >= 0.3 is 0 Å². The molecule has 0 saturated carbocycles. The Labute approximate surface area is 116 Å². The Bertz CT molecular complexity index is 682. The molecule has 0 N–H and O–H groups in total. The van der Waals surface area contributed by atoms with Gasteiger partial charge in [-0.05, 0) is 12.1 Å². The molecule has 7 heteroatoms. The summed E-state index contributed by atoms with van der Waals surface area (Å²) >= 11 is 0. The molecule has 0 spiro atoms. The predicted molar refractivity (Wildman–Crippen MR) is 66.0 cm³/mol. The maximum absolute atomic E-state index is 13.9. The van der Waals surface area contributed by atoms with Gasteiger partial charge in [-0.25, -0.2) is 26.3 Å². The van der Waals surface area contributed by atoms with Gasteiger partial charge in [0.25, 0.3) is 0 Å². The first-order valence-corrected chi connectivity index (χ1v) is 5.75. The van der Waals surface area contributed by atoms with Gasteiger partial charge in [-0.1, -0.05) is 6.07 Å². The first-order chi connectivity index (χ1) is 9.77. The summed E-state index contributed by atoms with van der Waals surface area (Å²) in [6, 6.07) is 3.44. The summed E-state index contributed by atoms with van der Waals surface area (Å²) in [7, 11) is 2.90. The normalized spacial score (nSPS) is 10.9. The molecular formula is C14H9F6N. The van der Waals surface area contributed by atoms with Crippen LogP contribution >= 0.6 is 0 Å². The molecule has 112 valence electrons. The number of halogens is 6. The van der Waals surface area contributed by atoms with Crippen LogP contribution in [0.2, 0.25) is 0 Å². The smallest absolute Gasteiger partial charge is 0.200 e. The van der Waals surface area contributed by atoms with E-state index in [4.69, 9.17) is 0 Å². The van der Waals surface area contributed by atoms with E-state index in [-0.39, 0.29) is 5.69 Å². The van der Waals surface area contributed by atoms with Gasteiger partial charge in [-0.15, -0.1) is 0 Å². The minimum Gasteiger partial charge on any atom is -0.377 e. The van der Waals surface area contributed by atoms with E-state index in [1.165, 1.54) is 31.1 Å². The van der Waals surface area contributed by atoms with Gasteiger partial charge in [-0.3, -0.25) is 0 Å². The van der Waals surface area contributed by atoms with Crippen molar-refractivity contribution in [3.8, 4) is 11.1 Å². The summed E-state index contributed by atoms with van der Waals surface area (Å²) in [6.45, 7) is 0. The second-order valence-electron chi connectivity index (χ2n) is 4.47. The number of benzene rings is 2. The Morgan fingerprint density at radius 2 is 1.14 bits per heavy atom. The molecule has 0 aliphatic carbocycles. The summed E-state index contributed by atoms with van der Waals surface area (Å²) in [5.41, 5.74) is -1.98. The van der Waals surface area contributed by atoms with Crippen molar-refractivity contribution >= 4 is 5.69 Å². The molecular weight excluding hydrogens is 296 g/mol. The zero-order chi connectivity index (χ0) is 15.9. The highest BCUT2D eigenvalue weighted by atomic mass is 19.2. The lowest BCUT2D eigenvalue weighted by Gasteiger charge is -2.19. The maximum Gasteiger partial charge on any atom is 0.200 e. The molecule has 0 radical (unpaired) electrons. The Morgan fingerprint density at radius 1 is 0.667 bits per heavy atom. The van der Waals surface area contributed by atoms with Crippen LogP contribution in [0, 0.1) is 34.9 Å². The minimum absolute atomic E-state index is 0.0155. The molecule has 0 saturated heterocycles. The van der Waals surface area contributed by atoms with Gasteiger partial charge in [0.15, 0.2) is 23.3 Å². The van der Waals surface area contributed by atoms with E-state index >= 15 is 0 Å². The molecule has 0 amide bonds. The van der Waals surface area contributed by atoms with Gasteiger partial charge in [-0.2, -0.15) is 0 Å². The van der Waals surface area contributed by atoms with E-state index in [1.54, 1.807) is 0 Å². The lowest BCUT2D eigenvalue weighted by molar-refractivity contribution is 0.381. The third kappa shape index (κ3) is 2.32. The van der Waals surface area contributed by atoms with Gasteiger partial charge < -0.3 is 4.90 Å². The van der Waals surface area contributed by atoms with Crippen molar-refractivity contribution in [1.82, 2.24) is 0 Å². The van der Waals surface area contributed by atoms with Crippen LogP contribution in [0.3, 0.4) is 0 Å². The van der Waals surface area contributed by atoms with Crippen LogP contribution in [0.4, 0.5) is 32.0 Å². The van der Waals surface area contributed by atoms with Crippen molar-refractivity contribution < 1.29 is 26.3 Å². The molecule has 2 aromatic rings. The minimum atomic E-state index is -2.28. The highest BCUT2D eigenvalue weighted by molar-refractivity contribution is 5.79. The Morgan fingerprint density at radius 3 is 1.62 bits per heavy atom. The predicted octanol–water partition coefficient (Wildman–Crippen LogP) is 4.25. The molecule has 1 nitrogen and oxygen atoms in total. The standard InChI is InChI=1S/C14H9F6N/c1-21(2)7-5-3-4-6(15)8(7)9-10(16)12(18)14(20)13(19)11(9)17/h3-5H,1-2H3. The molecule has 0 unspecified atom stereocenters. The number of nitrogens with zero attached hydrogens (tertiary/aromatic N) is 1. The molecule has 2 aromatic carbocycles. The van der Waals surface area contributed by atoms with Crippen molar-refractivity contribution in [3.05, 3.63) is 53.1 Å². The van der Waals surface area contributed by atoms with Crippen molar-refractivity contribution in [2.45, 2.75) is 0 Å². The third-order valence-electron chi connectivity index (χ3n) is 2.93. The van der Waals surface area contributed by atoms with Crippen LogP contribution in [0.5, 0.6) is 0 Å². The highest BCUT2D eigenvalue weighted by Gasteiger charge is 2.29. The lowest BCUT2D eigenvalue weighted by atomic mass is 10.00. The maximum atomic E-state index is 13.9. The van der Waals surface area contributed by atoms with E-state index in [9.17, 15) is 26.3 Å². The SMILES string of the molecule is CN(C)c1cccc(F)c1-c1c(F)c(F)c(F)c(F)c1F. The molecule has 0 aromatic heterocycles. The van der Waals surface area contributed by atoms with Crippen molar-refractivity contribution in [1.29, 1.82) is 0 Å². The van der Waals surface area contributed by atoms with Gasteiger partial charge in [0.2, 0.25) is 5.82 Å². The number of anilines is 1. The van der Waals surface area contributed by atoms with Crippen LogP contribution in [-0.4, -0.2) is 14.1 Å². The van der Waals surface area contributed by atoms with E-state index in [2.05, 4.69) is 0 Å². The van der Waals surface area contributed by atoms with Gasteiger partial charge in [0.1, 0.15) is 5.82 Å². The molecule has 0 atom stereocenters. The average Bonchev–Trinajstić information content (AvgIpc) is 2.44. The molecule has 0 aliphatic rings. The summed E-state index contributed by atoms with van der Waals surface area (Å²) in [5, 5.41) is 0. The van der Waals surface area contributed by atoms with E-state index in [0.717, 1.165) is 6.07 Å². The molecule has 0 bridgehead atoms. The molecule has 0 fully saturated rings. The summed E-state index contributed by atoms with van der Waals surface area (Å²) in [5.74, 6) is -11.7. The van der Waals surface area contributed by atoms with Gasteiger partial charge in [0.05, 0.1) is 5.56 Å². The second-order valence-corrected chi connectivity index (χ2v) is 4.47. The van der Waals surface area contributed by atoms with Crippen molar-refractivity contribution in [2.75, 3.05) is 19.0 Å². The fraction of sp³-hybridized carbons (Fsp3) is 0.143. The van der Waals surface area contributed by atoms with Crippen LogP contribution in [0.15, 0.2) is 18.2 Å². The molecule has 2 rings (SSSR count). The molecule has 0 heterocycles. The fourth-order valence-electron chi connectivity index (χ4n) is 1.96. The molecule has 21 heavy (non-hydrogen) atoms. The lowest BCUT2D eigenvalue weighted by Crippen LogP contribution is -2.13. The van der Waals surface area contributed by atoms with Crippen LogP contribution in [0.25, 0.3) is 11.1 Å². The Kier molecular flexibility index (Phi) is 3.85. The second kappa shape index (κ2) is 5.31. The number of hydrogen-bond acceptors (Lipinski definition) is 1. The summed E-state index contributed by atoms with van der Waals surface area (Å²) in [6.07, 6.45) is 0. The quantitative estimate of drug-likeness (QED) is 0.455.